The molecule has 0 saturated heterocycles. The summed E-state index contributed by atoms with van der Waals surface area (Å²) in [6, 6.07) is 14.6. The molecule has 1 unspecified atom stereocenters. The molecule has 2 aromatic carbocycles. The van der Waals surface area contributed by atoms with Gasteiger partial charge in [-0.1, -0.05) is 35.9 Å². The molecule has 1 fully saturated rings. The smallest absolute Gasteiger partial charge is 0.127 e. The van der Waals surface area contributed by atoms with Crippen molar-refractivity contribution in [3.05, 3.63) is 64.7 Å². The summed E-state index contributed by atoms with van der Waals surface area (Å²) in [5, 5.41) is 10.5. The van der Waals surface area contributed by atoms with Gasteiger partial charge in [0, 0.05) is 12.0 Å². The van der Waals surface area contributed by atoms with Crippen LogP contribution in [0.2, 0.25) is 0 Å². The molecule has 0 amide bonds. The summed E-state index contributed by atoms with van der Waals surface area (Å²) >= 11 is 0. The van der Waals surface area contributed by atoms with Gasteiger partial charge in [-0.05, 0) is 48.9 Å². The van der Waals surface area contributed by atoms with Gasteiger partial charge in [-0.3, -0.25) is 0 Å². The molecule has 1 aliphatic carbocycles. The van der Waals surface area contributed by atoms with E-state index in [0.29, 0.717) is 12.3 Å². The highest BCUT2D eigenvalue weighted by Gasteiger charge is 2.33. The van der Waals surface area contributed by atoms with Crippen LogP contribution in [0.1, 0.15) is 59.6 Å². The number of fused-ring (bicyclic) bond motifs is 1. The Bertz CT molecular complexity index is 673. The van der Waals surface area contributed by atoms with Crippen LogP contribution in [-0.2, 0) is 0 Å². The van der Waals surface area contributed by atoms with Gasteiger partial charge in [0.2, 0.25) is 0 Å². The van der Waals surface area contributed by atoms with Crippen molar-refractivity contribution >= 4 is 0 Å². The topological polar surface area (TPSA) is 29.5 Å². The van der Waals surface area contributed by atoms with Crippen molar-refractivity contribution in [3.8, 4) is 5.75 Å². The first-order chi connectivity index (χ1) is 10.2. The van der Waals surface area contributed by atoms with E-state index in [1.807, 2.05) is 25.1 Å². The van der Waals surface area contributed by atoms with Crippen LogP contribution < -0.4 is 4.74 Å². The number of hydrogen-bond donors (Lipinski definition) is 1. The maximum Gasteiger partial charge on any atom is 0.127 e. The lowest BCUT2D eigenvalue weighted by Crippen LogP contribution is -2.20. The third-order valence-corrected chi connectivity index (χ3v) is 4.59. The Kier molecular flexibility index (Phi) is 3.00. The molecule has 1 heterocycles. The van der Waals surface area contributed by atoms with Crippen LogP contribution in [0.25, 0.3) is 0 Å². The van der Waals surface area contributed by atoms with Crippen molar-refractivity contribution in [2.75, 3.05) is 0 Å². The number of hydrogen-bond acceptors (Lipinski definition) is 2. The van der Waals surface area contributed by atoms with Gasteiger partial charge in [-0.15, -0.1) is 0 Å². The summed E-state index contributed by atoms with van der Waals surface area (Å²) in [7, 11) is 0. The second-order valence-corrected chi connectivity index (χ2v) is 6.30. The quantitative estimate of drug-likeness (QED) is 0.881. The third kappa shape index (κ3) is 2.34. The van der Waals surface area contributed by atoms with E-state index in [1.165, 1.54) is 24.0 Å². The molecule has 2 heteroatoms. The van der Waals surface area contributed by atoms with Gasteiger partial charge in [-0.25, -0.2) is 0 Å². The predicted octanol–water partition coefficient (Wildman–Crippen LogP) is 4.43. The van der Waals surface area contributed by atoms with Crippen molar-refractivity contribution in [1.29, 1.82) is 0 Å². The molecule has 0 aromatic heterocycles. The zero-order chi connectivity index (χ0) is 14.4. The van der Waals surface area contributed by atoms with Crippen molar-refractivity contribution in [2.45, 2.75) is 44.3 Å². The van der Waals surface area contributed by atoms with Gasteiger partial charge in [0.1, 0.15) is 11.9 Å². The average Bonchev–Trinajstić information content (AvgIpc) is 3.32. The average molecular weight is 280 g/mol. The molecule has 2 nitrogen and oxygen atoms in total. The van der Waals surface area contributed by atoms with Crippen LogP contribution in [0.5, 0.6) is 5.75 Å². The second-order valence-electron chi connectivity index (χ2n) is 6.30. The van der Waals surface area contributed by atoms with Gasteiger partial charge in [0.15, 0.2) is 0 Å². The van der Waals surface area contributed by atoms with Crippen LogP contribution in [0.3, 0.4) is 0 Å². The van der Waals surface area contributed by atoms with Gasteiger partial charge >= 0.3 is 0 Å². The Labute approximate surface area is 125 Å². The summed E-state index contributed by atoms with van der Waals surface area (Å²) in [5.74, 6) is 1.52. The summed E-state index contributed by atoms with van der Waals surface area (Å²) in [5.41, 5.74) is 4.75. The van der Waals surface area contributed by atoms with Gasteiger partial charge in [-0.2, -0.15) is 0 Å². The Morgan fingerprint density at radius 3 is 2.52 bits per heavy atom. The summed E-state index contributed by atoms with van der Waals surface area (Å²) in [6.07, 6.45) is 2.72. The molecule has 2 aliphatic rings. The number of aryl methyl sites for hydroxylation is 1. The van der Waals surface area contributed by atoms with Crippen LogP contribution in [-0.4, -0.2) is 5.11 Å². The minimum atomic E-state index is -0.439. The van der Waals surface area contributed by atoms with E-state index in [9.17, 15) is 5.11 Å². The predicted molar refractivity (Wildman–Crippen MR) is 82.5 cm³/mol. The summed E-state index contributed by atoms with van der Waals surface area (Å²) in [6.45, 7) is 2.04. The van der Waals surface area contributed by atoms with E-state index < -0.39 is 6.10 Å². The lowest BCUT2D eigenvalue weighted by atomic mass is 9.90. The number of aliphatic hydroxyl groups is 1. The molecule has 0 bridgehead atoms. The molecule has 4 rings (SSSR count). The summed E-state index contributed by atoms with van der Waals surface area (Å²) < 4.78 is 6.20. The number of rotatable bonds is 2. The van der Waals surface area contributed by atoms with E-state index in [4.69, 9.17) is 4.74 Å². The largest absolute Gasteiger partial charge is 0.485 e. The molecule has 1 saturated carbocycles. The van der Waals surface area contributed by atoms with E-state index in [1.54, 1.807) is 0 Å². The molecule has 1 aliphatic heterocycles. The zero-order valence-electron chi connectivity index (χ0n) is 12.3. The van der Waals surface area contributed by atoms with E-state index in [0.717, 1.165) is 16.9 Å². The highest BCUT2D eigenvalue weighted by Crippen LogP contribution is 2.47. The Hall–Kier alpha value is -1.80. The third-order valence-electron chi connectivity index (χ3n) is 4.59. The van der Waals surface area contributed by atoms with Gasteiger partial charge in [0.25, 0.3) is 0 Å². The van der Waals surface area contributed by atoms with Crippen molar-refractivity contribution in [3.63, 3.8) is 0 Å². The Balaban J connectivity index is 1.71. The van der Waals surface area contributed by atoms with Crippen LogP contribution in [0, 0.1) is 6.92 Å². The zero-order valence-corrected chi connectivity index (χ0v) is 12.3. The van der Waals surface area contributed by atoms with E-state index >= 15 is 0 Å². The summed E-state index contributed by atoms with van der Waals surface area (Å²) in [4.78, 5) is 0. The minimum absolute atomic E-state index is 0.0352. The first-order valence-electron chi connectivity index (χ1n) is 7.76. The standard InChI is InChI=1S/C19H20O2/c1-12-6-9-18-16(10-12)17(20)11-19(21-18)15-5-3-2-4-14(15)13-7-8-13/h2-6,9-10,13,17,19-20H,7-8,11H2,1H3/t17-,19?/m1/s1. The highest BCUT2D eigenvalue weighted by molar-refractivity contribution is 5.43. The van der Waals surface area contributed by atoms with Gasteiger partial charge < -0.3 is 9.84 Å². The first-order valence-corrected chi connectivity index (χ1v) is 7.76. The fourth-order valence-electron chi connectivity index (χ4n) is 3.33. The normalized spacial score (nSPS) is 24.3. The number of aliphatic hydroxyl groups excluding tert-OH is 1. The maximum absolute atomic E-state index is 10.5. The SMILES string of the molecule is Cc1ccc2c(c1)[C@H](O)CC(c1ccccc1C1CC1)O2. The minimum Gasteiger partial charge on any atom is -0.485 e. The van der Waals surface area contributed by atoms with Crippen molar-refractivity contribution in [1.82, 2.24) is 0 Å². The Morgan fingerprint density at radius 1 is 1.00 bits per heavy atom. The van der Waals surface area contributed by atoms with Gasteiger partial charge in [0.05, 0.1) is 6.10 Å². The highest BCUT2D eigenvalue weighted by atomic mass is 16.5. The molecule has 0 radical (unpaired) electrons. The van der Waals surface area contributed by atoms with Crippen LogP contribution in [0.4, 0.5) is 0 Å². The molecule has 0 spiro atoms. The molecule has 21 heavy (non-hydrogen) atoms. The lowest BCUT2D eigenvalue weighted by molar-refractivity contribution is 0.0652. The Morgan fingerprint density at radius 2 is 1.76 bits per heavy atom. The molecule has 2 aromatic rings. The lowest BCUT2D eigenvalue weighted by Gasteiger charge is -2.31. The van der Waals surface area contributed by atoms with Crippen LogP contribution >= 0.6 is 0 Å². The fourth-order valence-corrected chi connectivity index (χ4v) is 3.33. The molecular formula is C19H20O2. The molecule has 1 N–H and O–H groups in total. The fraction of sp³-hybridized carbons (Fsp3) is 0.368. The van der Waals surface area contributed by atoms with E-state index in [-0.39, 0.29) is 6.10 Å². The number of benzene rings is 2. The monoisotopic (exact) mass is 280 g/mol. The molecule has 2 atom stereocenters. The maximum atomic E-state index is 10.5. The molecule has 108 valence electrons. The first kappa shape index (κ1) is 12.9. The van der Waals surface area contributed by atoms with Crippen molar-refractivity contribution < 1.29 is 9.84 Å². The second kappa shape index (κ2) is 4.88. The van der Waals surface area contributed by atoms with Crippen molar-refractivity contribution in [2.24, 2.45) is 0 Å². The van der Waals surface area contributed by atoms with Crippen LogP contribution in [0.15, 0.2) is 42.5 Å². The van der Waals surface area contributed by atoms with E-state index in [2.05, 4.69) is 24.3 Å². The molecular weight excluding hydrogens is 260 g/mol. The number of ether oxygens (including phenoxy) is 1.